The van der Waals surface area contributed by atoms with E-state index in [0.717, 1.165) is 96.3 Å². The third kappa shape index (κ3) is 54.1. The lowest BCUT2D eigenvalue weighted by atomic mass is 10.1. The highest BCUT2D eigenvalue weighted by Crippen LogP contribution is 2.15. The second-order valence-corrected chi connectivity index (χ2v) is 19.5. The molecule has 0 aliphatic rings. The summed E-state index contributed by atoms with van der Waals surface area (Å²) in [6.07, 6.45) is 70.6. The summed E-state index contributed by atoms with van der Waals surface area (Å²) in [7, 11) is 0. The van der Waals surface area contributed by atoms with Crippen LogP contribution in [0.15, 0.2) is 60.8 Å². The van der Waals surface area contributed by atoms with Gasteiger partial charge >= 0.3 is 17.9 Å². The smallest absolute Gasteiger partial charge is 0.306 e. The predicted octanol–water partition coefficient (Wildman–Crippen LogP) is 19.6. The Bertz CT molecular complexity index is 1230. The second-order valence-electron chi connectivity index (χ2n) is 19.5. The van der Waals surface area contributed by atoms with Crippen molar-refractivity contribution in [3.05, 3.63) is 60.8 Å². The molecule has 0 N–H and O–H groups in total. The number of ether oxygens (including phenoxy) is 3. The zero-order valence-corrected chi connectivity index (χ0v) is 45.1. The summed E-state index contributed by atoms with van der Waals surface area (Å²) in [6.45, 7) is 6.60. The SMILES string of the molecule is CCCCC/C=C\C/C=C\C/C=C\CCCCCCCCC(=O)OCC(COC(=O)CCCCCCC/C=C\CCCCCCCC)OC(=O)CCCCCCC/C=C\CCCCCCCCC. The van der Waals surface area contributed by atoms with Gasteiger partial charge in [-0.15, -0.1) is 0 Å². The first kappa shape index (κ1) is 65.1. The fraction of sp³-hybridized carbons (Fsp3) is 0.790. The Morgan fingerprint density at radius 1 is 0.294 bits per heavy atom. The summed E-state index contributed by atoms with van der Waals surface area (Å²) in [5, 5.41) is 0. The van der Waals surface area contributed by atoms with E-state index in [1.165, 1.54) is 161 Å². The zero-order chi connectivity index (χ0) is 49.3. The van der Waals surface area contributed by atoms with E-state index in [2.05, 4.69) is 81.5 Å². The first-order valence-corrected chi connectivity index (χ1v) is 29.3. The molecule has 6 nitrogen and oxygen atoms in total. The van der Waals surface area contributed by atoms with Crippen molar-refractivity contribution in [1.29, 1.82) is 0 Å². The first-order valence-electron chi connectivity index (χ1n) is 29.3. The number of carbonyl (C=O) groups excluding carboxylic acids is 3. The van der Waals surface area contributed by atoms with Crippen LogP contribution in [0.2, 0.25) is 0 Å². The summed E-state index contributed by atoms with van der Waals surface area (Å²) >= 11 is 0. The Balaban J connectivity index is 4.41. The van der Waals surface area contributed by atoms with Crippen molar-refractivity contribution in [1.82, 2.24) is 0 Å². The third-order valence-electron chi connectivity index (χ3n) is 12.7. The molecule has 0 aromatic rings. The molecule has 0 amide bonds. The van der Waals surface area contributed by atoms with E-state index in [9.17, 15) is 14.4 Å². The molecule has 68 heavy (non-hydrogen) atoms. The van der Waals surface area contributed by atoms with E-state index in [0.29, 0.717) is 19.3 Å². The second kappa shape index (κ2) is 56.7. The molecular formula is C62H110O6. The van der Waals surface area contributed by atoms with Gasteiger partial charge in [0, 0.05) is 19.3 Å². The zero-order valence-electron chi connectivity index (χ0n) is 45.1. The number of unbranched alkanes of at least 4 members (excludes halogenated alkanes) is 32. The number of hydrogen-bond donors (Lipinski definition) is 0. The van der Waals surface area contributed by atoms with Gasteiger partial charge < -0.3 is 14.2 Å². The lowest BCUT2D eigenvalue weighted by Crippen LogP contribution is -2.30. The van der Waals surface area contributed by atoms with E-state index < -0.39 is 6.10 Å². The molecule has 0 bridgehead atoms. The van der Waals surface area contributed by atoms with Crippen LogP contribution in [0.25, 0.3) is 0 Å². The molecule has 0 aromatic carbocycles. The predicted molar refractivity (Wildman–Crippen MR) is 293 cm³/mol. The fourth-order valence-corrected chi connectivity index (χ4v) is 8.26. The minimum Gasteiger partial charge on any atom is -0.462 e. The lowest BCUT2D eigenvalue weighted by Gasteiger charge is -2.18. The molecule has 394 valence electrons. The van der Waals surface area contributed by atoms with Gasteiger partial charge in [-0.05, 0) is 109 Å². The van der Waals surface area contributed by atoms with Gasteiger partial charge in [0.25, 0.3) is 0 Å². The van der Waals surface area contributed by atoms with Gasteiger partial charge in [-0.3, -0.25) is 14.4 Å². The molecule has 1 atom stereocenters. The van der Waals surface area contributed by atoms with Gasteiger partial charge in [-0.25, -0.2) is 0 Å². The van der Waals surface area contributed by atoms with Crippen molar-refractivity contribution in [2.24, 2.45) is 0 Å². The molecule has 0 rings (SSSR count). The summed E-state index contributed by atoms with van der Waals surface area (Å²) in [4.78, 5) is 38.2. The Kier molecular flexibility index (Phi) is 54.3. The lowest BCUT2D eigenvalue weighted by molar-refractivity contribution is -0.167. The van der Waals surface area contributed by atoms with Crippen LogP contribution < -0.4 is 0 Å². The van der Waals surface area contributed by atoms with E-state index in [1.54, 1.807) is 0 Å². The molecule has 0 aromatic heterocycles. The molecular weight excluding hydrogens is 841 g/mol. The Morgan fingerprint density at radius 3 is 0.868 bits per heavy atom. The molecule has 0 saturated heterocycles. The quantitative estimate of drug-likeness (QED) is 0.0262. The highest BCUT2D eigenvalue weighted by atomic mass is 16.6. The summed E-state index contributed by atoms with van der Waals surface area (Å²) in [5.74, 6) is -0.903. The standard InChI is InChI=1S/C62H110O6/c1-4-7-10-13-16-19-22-25-28-30-31-32-35-37-40-43-46-49-52-55-61(64)67-58-59(57-66-60(63)54-51-48-45-42-39-36-33-27-24-21-18-15-12-9-6-3)68-62(65)56-53-50-47-44-41-38-34-29-26-23-20-17-14-11-8-5-2/h16,19,25,27-29,31-34,59H,4-15,17-18,20-24,26,30,35-58H2,1-3H3/b19-16-,28-25-,32-31-,33-27-,34-29-. The molecule has 0 saturated carbocycles. The maximum absolute atomic E-state index is 12.9. The van der Waals surface area contributed by atoms with E-state index >= 15 is 0 Å². The van der Waals surface area contributed by atoms with Crippen LogP contribution in [0.5, 0.6) is 0 Å². The largest absolute Gasteiger partial charge is 0.462 e. The van der Waals surface area contributed by atoms with Crippen molar-refractivity contribution < 1.29 is 28.6 Å². The average molecular weight is 952 g/mol. The summed E-state index contributed by atoms with van der Waals surface area (Å²) < 4.78 is 16.9. The van der Waals surface area contributed by atoms with Gasteiger partial charge in [-0.2, -0.15) is 0 Å². The third-order valence-corrected chi connectivity index (χ3v) is 12.7. The van der Waals surface area contributed by atoms with E-state index in [4.69, 9.17) is 14.2 Å². The van der Waals surface area contributed by atoms with Crippen LogP contribution in [-0.2, 0) is 28.6 Å². The number of hydrogen-bond acceptors (Lipinski definition) is 6. The van der Waals surface area contributed by atoms with Crippen LogP contribution in [0, 0.1) is 0 Å². The highest BCUT2D eigenvalue weighted by molar-refractivity contribution is 5.71. The maximum atomic E-state index is 12.9. The number of rotatable bonds is 53. The molecule has 6 heteroatoms. The van der Waals surface area contributed by atoms with Crippen molar-refractivity contribution in [3.63, 3.8) is 0 Å². The Labute approximate surface area is 421 Å². The molecule has 0 radical (unpaired) electrons. The number of esters is 3. The first-order chi connectivity index (χ1) is 33.5. The normalized spacial score (nSPS) is 12.5. The number of carbonyl (C=O) groups is 3. The van der Waals surface area contributed by atoms with Crippen molar-refractivity contribution >= 4 is 17.9 Å². The van der Waals surface area contributed by atoms with Gasteiger partial charge in [0.1, 0.15) is 13.2 Å². The van der Waals surface area contributed by atoms with Crippen LogP contribution in [0.3, 0.4) is 0 Å². The monoisotopic (exact) mass is 951 g/mol. The van der Waals surface area contributed by atoms with Crippen LogP contribution in [0.4, 0.5) is 0 Å². The number of allylic oxidation sites excluding steroid dienone is 10. The van der Waals surface area contributed by atoms with Crippen LogP contribution >= 0.6 is 0 Å². The molecule has 0 aliphatic heterocycles. The van der Waals surface area contributed by atoms with Crippen molar-refractivity contribution in [3.8, 4) is 0 Å². The van der Waals surface area contributed by atoms with Crippen molar-refractivity contribution in [2.75, 3.05) is 13.2 Å². The molecule has 0 spiro atoms. The molecule has 0 fully saturated rings. The highest BCUT2D eigenvalue weighted by Gasteiger charge is 2.19. The van der Waals surface area contributed by atoms with Crippen molar-refractivity contribution in [2.45, 2.75) is 303 Å². The summed E-state index contributed by atoms with van der Waals surface area (Å²) in [6, 6.07) is 0. The van der Waals surface area contributed by atoms with Gasteiger partial charge in [0.15, 0.2) is 6.10 Å². The minimum atomic E-state index is -0.787. The fourth-order valence-electron chi connectivity index (χ4n) is 8.26. The van der Waals surface area contributed by atoms with Gasteiger partial charge in [-0.1, -0.05) is 229 Å². The molecule has 0 heterocycles. The Morgan fingerprint density at radius 2 is 0.529 bits per heavy atom. The average Bonchev–Trinajstić information content (AvgIpc) is 3.34. The topological polar surface area (TPSA) is 78.9 Å². The van der Waals surface area contributed by atoms with Crippen LogP contribution in [-0.4, -0.2) is 37.2 Å². The minimum absolute atomic E-state index is 0.0852. The Hall–Kier alpha value is -2.89. The van der Waals surface area contributed by atoms with Gasteiger partial charge in [0.2, 0.25) is 0 Å². The van der Waals surface area contributed by atoms with E-state index in [-0.39, 0.29) is 31.1 Å². The van der Waals surface area contributed by atoms with E-state index in [1.807, 2.05) is 0 Å². The summed E-state index contributed by atoms with van der Waals surface area (Å²) in [5.41, 5.74) is 0. The molecule has 0 aliphatic carbocycles. The van der Waals surface area contributed by atoms with Crippen LogP contribution in [0.1, 0.15) is 297 Å². The van der Waals surface area contributed by atoms with Gasteiger partial charge in [0.05, 0.1) is 0 Å². The maximum Gasteiger partial charge on any atom is 0.306 e. The molecule has 1 unspecified atom stereocenters.